The van der Waals surface area contributed by atoms with Crippen LogP contribution in [-0.4, -0.2) is 31.3 Å². The maximum atomic E-state index is 13.8. The molecule has 0 saturated carbocycles. The minimum absolute atomic E-state index is 0.0640. The van der Waals surface area contributed by atoms with Crippen molar-refractivity contribution in [3.8, 4) is 0 Å². The fraction of sp³-hybridized carbons (Fsp3) is 0.200. The average Bonchev–Trinajstić information content (AvgIpc) is 3.44. The average molecular weight is 514 g/mol. The molecule has 0 aliphatic carbocycles. The lowest BCUT2D eigenvalue weighted by molar-refractivity contribution is -0.122. The summed E-state index contributed by atoms with van der Waals surface area (Å²) in [6.45, 7) is 5.26. The summed E-state index contributed by atoms with van der Waals surface area (Å²) in [4.78, 5) is 28.5. The number of fused-ring (bicyclic) bond motifs is 1. The van der Waals surface area contributed by atoms with Crippen molar-refractivity contribution in [2.75, 3.05) is 0 Å². The van der Waals surface area contributed by atoms with Gasteiger partial charge in [-0.3, -0.25) is 9.59 Å². The largest absolute Gasteiger partial charge is 0.467 e. The minimum Gasteiger partial charge on any atom is -0.467 e. The molecule has 35 heavy (non-hydrogen) atoms. The van der Waals surface area contributed by atoms with E-state index >= 15 is 0 Å². The van der Waals surface area contributed by atoms with Gasteiger partial charge in [-0.15, -0.1) is 0 Å². The van der Waals surface area contributed by atoms with Crippen LogP contribution < -0.4 is 10.6 Å². The number of aromatic nitrogens is 1. The zero-order chi connectivity index (χ0) is 25.3. The molecule has 4 rings (SSSR count). The van der Waals surface area contributed by atoms with Crippen molar-refractivity contribution >= 4 is 44.2 Å². The van der Waals surface area contributed by atoms with Gasteiger partial charge in [0, 0.05) is 15.9 Å². The van der Waals surface area contributed by atoms with E-state index in [4.69, 9.17) is 16.0 Å². The number of H-pyrrole nitrogens is 1. The van der Waals surface area contributed by atoms with E-state index < -0.39 is 27.7 Å². The SMILES string of the molecule is Cc1cc(C)cc(S(=O)(=O)c2c(C(=O)N[C@H](C)C(=O)NCc3ccco3)[nH]c3ccc(Cl)cc23)c1. The normalized spacial score (nSPS) is 12.5. The highest BCUT2D eigenvalue weighted by atomic mass is 35.5. The second-order valence-corrected chi connectivity index (χ2v) is 10.7. The molecule has 0 radical (unpaired) electrons. The van der Waals surface area contributed by atoms with Gasteiger partial charge in [0.25, 0.3) is 5.91 Å². The van der Waals surface area contributed by atoms with Crippen LogP contribution in [0.2, 0.25) is 5.02 Å². The van der Waals surface area contributed by atoms with Gasteiger partial charge in [-0.25, -0.2) is 8.42 Å². The van der Waals surface area contributed by atoms with Crippen molar-refractivity contribution in [2.24, 2.45) is 0 Å². The molecule has 4 aromatic rings. The summed E-state index contributed by atoms with van der Waals surface area (Å²) in [5.74, 6) is -0.625. The van der Waals surface area contributed by atoms with E-state index in [1.807, 2.05) is 6.07 Å². The van der Waals surface area contributed by atoms with E-state index in [0.717, 1.165) is 11.1 Å². The molecule has 10 heteroatoms. The maximum absolute atomic E-state index is 13.8. The van der Waals surface area contributed by atoms with E-state index in [1.165, 1.54) is 19.3 Å². The Labute approximate surface area is 207 Å². The van der Waals surface area contributed by atoms with Crippen LogP contribution in [0.3, 0.4) is 0 Å². The quantitative estimate of drug-likeness (QED) is 0.340. The number of aryl methyl sites for hydroxylation is 2. The molecule has 3 N–H and O–H groups in total. The standard InChI is InChI=1S/C25H24ClN3O5S/c1-14-9-15(2)11-19(10-14)35(32,33)23-20-12-17(26)6-7-21(20)29-22(23)25(31)28-16(3)24(30)27-13-18-5-4-8-34-18/h4-12,16,29H,13H2,1-3H3,(H,27,30)(H,28,31)/t16-/m1/s1. The monoisotopic (exact) mass is 513 g/mol. The third-order valence-corrected chi connectivity index (χ3v) is 7.52. The highest BCUT2D eigenvalue weighted by Crippen LogP contribution is 2.34. The van der Waals surface area contributed by atoms with Gasteiger partial charge in [0.15, 0.2) is 0 Å². The lowest BCUT2D eigenvalue weighted by Crippen LogP contribution is -2.44. The van der Waals surface area contributed by atoms with Gasteiger partial charge in [-0.2, -0.15) is 0 Å². The Balaban J connectivity index is 1.70. The number of hydrogen-bond donors (Lipinski definition) is 3. The summed E-state index contributed by atoms with van der Waals surface area (Å²) >= 11 is 6.16. The van der Waals surface area contributed by atoms with Crippen LogP contribution in [0.15, 0.2) is 69.0 Å². The molecule has 2 amide bonds. The van der Waals surface area contributed by atoms with E-state index in [2.05, 4.69) is 15.6 Å². The molecule has 2 heterocycles. The van der Waals surface area contributed by atoms with Crippen LogP contribution in [0.5, 0.6) is 0 Å². The molecule has 2 aromatic carbocycles. The molecule has 8 nitrogen and oxygen atoms in total. The second-order valence-electron chi connectivity index (χ2n) is 8.34. The first kappa shape index (κ1) is 24.6. The molecule has 0 aliphatic rings. The Hall–Kier alpha value is -3.56. The van der Waals surface area contributed by atoms with Crippen molar-refractivity contribution in [1.29, 1.82) is 0 Å². The highest BCUT2D eigenvalue weighted by Gasteiger charge is 2.31. The molecular weight excluding hydrogens is 490 g/mol. The summed E-state index contributed by atoms with van der Waals surface area (Å²) in [5, 5.41) is 5.86. The van der Waals surface area contributed by atoms with Crippen molar-refractivity contribution in [3.05, 3.63) is 82.4 Å². The number of halogens is 1. The maximum Gasteiger partial charge on any atom is 0.269 e. The number of hydrogen-bond acceptors (Lipinski definition) is 5. The van der Waals surface area contributed by atoms with Gasteiger partial charge >= 0.3 is 0 Å². The van der Waals surface area contributed by atoms with Gasteiger partial charge < -0.3 is 20.0 Å². The number of furan rings is 1. The van der Waals surface area contributed by atoms with Crippen LogP contribution in [0.4, 0.5) is 0 Å². The lowest BCUT2D eigenvalue weighted by Gasteiger charge is -2.14. The van der Waals surface area contributed by atoms with Crippen LogP contribution in [0.25, 0.3) is 10.9 Å². The molecular formula is C25H24ClN3O5S. The van der Waals surface area contributed by atoms with Crippen LogP contribution >= 0.6 is 11.6 Å². The Morgan fingerprint density at radius 2 is 1.80 bits per heavy atom. The molecule has 0 fully saturated rings. The van der Waals surface area contributed by atoms with Crippen molar-refractivity contribution in [3.63, 3.8) is 0 Å². The van der Waals surface area contributed by atoms with E-state index in [-0.39, 0.29) is 27.4 Å². The zero-order valence-electron chi connectivity index (χ0n) is 19.3. The topological polar surface area (TPSA) is 121 Å². The first-order valence-electron chi connectivity index (χ1n) is 10.8. The Bertz CT molecular complexity index is 1500. The van der Waals surface area contributed by atoms with E-state index in [1.54, 1.807) is 50.2 Å². The molecule has 0 spiro atoms. The number of nitrogens with one attached hydrogen (secondary N) is 3. The van der Waals surface area contributed by atoms with Crippen molar-refractivity contribution < 1.29 is 22.4 Å². The third kappa shape index (κ3) is 5.11. The summed E-state index contributed by atoms with van der Waals surface area (Å²) in [6, 6.07) is 12.1. The summed E-state index contributed by atoms with van der Waals surface area (Å²) < 4.78 is 32.7. The number of carbonyl (C=O) groups excluding carboxylic acids is 2. The number of amides is 2. The lowest BCUT2D eigenvalue weighted by atomic mass is 10.2. The third-order valence-electron chi connectivity index (χ3n) is 5.47. The summed E-state index contributed by atoms with van der Waals surface area (Å²) in [5.41, 5.74) is 1.80. The van der Waals surface area contributed by atoms with Crippen molar-refractivity contribution in [2.45, 2.75) is 43.1 Å². The zero-order valence-corrected chi connectivity index (χ0v) is 20.9. The van der Waals surface area contributed by atoms with Crippen LogP contribution in [-0.2, 0) is 21.2 Å². The van der Waals surface area contributed by atoms with Gasteiger partial charge in [0.2, 0.25) is 15.7 Å². The highest BCUT2D eigenvalue weighted by molar-refractivity contribution is 7.91. The Morgan fingerprint density at radius 3 is 2.46 bits per heavy atom. The molecule has 0 unspecified atom stereocenters. The molecule has 1 atom stereocenters. The first-order chi connectivity index (χ1) is 16.6. The number of sulfone groups is 1. The smallest absolute Gasteiger partial charge is 0.269 e. The van der Waals surface area contributed by atoms with E-state index in [0.29, 0.717) is 16.3 Å². The predicted octanol–water partition coefficient (Wildman–Crippen LogP) is 4.30. The number of rotatable bonds is 7. The van der Waals surface area contributed by atoms with Crippen molar-refractivity contribution in [1.82, 2.24) is 15.6 Å². The number of carbonyl (C=O) groups is 2. The van der Waals surface area contributed by atoms with Gasteiger partial charge in [-0.1, -0.05) is 17.7 Å². The van der Waals surface area contributed by atoms with Gasteiger partial charge in [0.1, 0.15) is 22.4 Å². The Kier molecular flexibility index (Phi) is 6.73. The number of benzene rings is 2. The molecule has 0 aliphatic heterocycles. The first-order valence-corrected chi connectivity index (χ1v) is 12.7. The minimum atomic E-state index is -4.12. The van der Waals surface area contributed by atoms with Gasteiger partial charge in [-0.05, 0) is 74.4 Å². The second kappa shape index (κ2) is 9.59. The fourth-order valence-corrected chi connectivity index (χ4v) is 5.82. The summed E-state index contributed by atoms with van der Waals surface area (Å²) in [7, 11) is -4.12. The molecule has 0 saturated heterocycles. The Morgan fingerprint density at radius 1 is 1.09 bits per heavy atom. The fourth-order valence-electron chi connectivity index (χ4n) is 3.86. The van der Waals surface area contributed by atoms with Gasteiger partial charge in [0.05, 0.1) is 17.7 Å². The van der Waals surface area contributed by atoms with E-state index in [9.17, 15) is 18.0 Å². The number of aromatic amines is 1. The molecule has 182 valence electrons. The molecule has 2 aromatic heterocycles. The van der Waals surface area contributed by atoms with Crippen LogP contribution in [0.1, 0.15) is 34.3 Å². The summed E-state index contributed by atoms with van der Waals surface area (Å²) in [6.07, 6.45) is 1.49. The molecule has 0 bridgehead atoms. The predicted molar refractivity (Wildman–Crippen MR) is 132 cm³/mol. The van der Waals surface area contributed by atoms with Crippen LogP contribution in [0, 0.1) is 13.8 Å².